The van der Waals surface area contributed by atoms with E-state index < -0.39 is 0 Å². The maximum Gasteiger partial charge on any atom is 0.0645 e. The first-order valence-electron chi connectivity index (χ1n) is 6.99. The molecule has 0 aliphatic rings. The number of hydrogen-bond acceptors (Lipinski definition) is 3. The van der Waals surface area contributed by atoms with Crippen LogP contribution >= 0.6 is 11.8 Å². The quantitative estimate of drug-likeness (QED) is 0.779. The average molecular weight is 289 g/mol. The molecule has 20 heavy (non-hydrogen) atoms. The van der Waals surface area contributed by atoms with Gasteiger partial charge in [-0.2, -0.15) is 16.9 Å². The minimum absolute atomic E-state index is 0.736. The first kappa shape index (κ1) is 15.1. The van der Waals surface area contributed by atoms with Gasteiger partial charge in [0.15, 0.2) is 0 Å². The lowest BCUT2D eigenvalue weighted by Gasteiger charge is -2.18. The molecule has 1 atom stereocenters. The maximum atomic E-state index is 4.24. The molecular weight excluding hydrogens is 266 g/mol. The van der Waals surface area contributed by atoms with Gasteiger partial charge >= 0.3 is 0 Å². The van der Waals surface area contributed by atoms with Crippen LogP contribution in [-0.2, 0) is 6.54 Å². The molecule has 0 saturated carbocycles. The monoisotopic (exact) mass is 289 g/mol. The van der Waals surface area contributed by atoms with E-state index >= 15 is 0 Å². The summed E-state index contributed by atoms with van der Waals surface area (Å²) < 4.78 is 1.88. The van der Waals surface area contributed by atoms with Gasteiger partial charge in [-0.05, 0) is 50.0 Å². The summed E-state index contributed by atoms with van der Waals surface area (Å²) in [5, 5.41) is 4.98. The van der Waals surface area contributed by atoms with Crippen molar-refractivity contribution < 1.29 is 0 Å². The van der Waals surface area contributed by atoms with Crippen LogP contribution < -0.4 is 0 Å². The molecule has 1 heterocycles. The van der Waals surface area contributed by atoms with Crippen LogP contribution in [0.1, 0.15) is 18.9 Å². The molecule has 4 heteroatoms. The van der Waals surface area contributed by atoms with E-state index in [9.17, 15) is 0 Å². The third-order valence-electron chi connectivity index (χ3n) is 3.48. The van der Waals surface area contributed by atoms with Crippen LogP contribution in [0.2, 0.25) is 0 Å². The summed E-state index contributed by atoms with van der Waals surface area (Å²) in [6.45, 7) is 4.43. The molecule has 2 aromatic rings. The minimum atomic E-state index is 0.736. The van der Waals surface area contributed by atoms with Gasteiger partial charge in [0.05, 0.1) is 5.69 Å². The Hall–Kier alpha value is -1.26. The molecular formula is C16H23N3S. The molecule has 0 aliphatic heterocycles. The van der Waals surface area contributed by atoms with E-state index in [0.717, 1.165) is 24.0 Å². The van der Waals surface area contributed by atoms with Crippen molar-refractivity contribution in [1.29, 1.82) is 0 Å². The SMILES string of the molecule is CSC(C)CCN(C)Cc1ccc(-n2cccn2)cc1. The van der Waals surface area contributed by atoms with Crippen molar-refractivity contribution in [3.05, 3.63) is 48.3 Å². The van der Waals surface area contributed by atoms with Crippen molar-refractivity contribution in [1.82, 2.24) is 14.7 Å². The number of thioether (sulfide) groups is 1. The third kappa shape index (κ3) is 4.39. The molecule has 0 aliphatic carbocycles. The molecule has 0 bridgehead atoms. The van der Waals surface area contributed by atoms with Crippen LogP contribution in [0.3, 0.4) is 0 Å². The van der Waals surface area contributed by atoms with E-state index in [0.29, 0.717) is 0 Å². The summed E-state index contributed by atoms with van der Waals surface area (Å²) in [6.07, 6.45) is 7.18. The van der Waals surface area contributed by atoms with Crippen molar-refractivity contribution in [2.24, 2.45) is 0 Å². The van der Waals surface area contributed by atoms with E-state index in [4.69, 9.17) is 0 Å². The van der Waals surface area contributed by atoms with Crippen LogP contribution in [0.15, 0.2) is 42.7 Å². The fraction of sp³-hybridized carbons (Fsp3) is 0.438. The predicted octanol–water partition coefficient (Wildman–Crippen LogP) is 3.45. The van der Waals surface area contributed by atoms with E-state index in [1.807, 2.05) is 28.7 Å². The summed E-state index contributed by atoms with van der Waals surface area (Å²) in [7, 11) is 2.19. The Balaban J connectivity index is 1.87. The molecule has 1 unspecified atom stereocenters. The van der Waals surface area contributed by atoms with Gasteiger partial charge in [0, 0.05) is 24.2 Å². The topological polar surface area (TPSA) is 21.1 Å². The normalized spacial score (nSPS) is 12.8. The second kappa shape index (κ2) is 7.50. The van der Waals surface area contributed by atoms with Crippen molar-refractivity contribution in [2.45, 2.75) is 25.1 Å². The number of benzene rings is 1. The summed E-state index contributed by atoms with van der Waals surface area (Å²) in [5.41, 5.74) is 2.46. The molecule has 0 radical (unpaired) electrons. The van der Waals surface area contributed by atoms with Crippen LogP contribution in [0.4, 0.5) is 0 Å². The highest BCUT2D eigenvalue weighted by Gasteiger charge is 2.04. The Morgan fingerprint density at radius 1 is 1.30 bits per heavy atom. The third-order valence-corrected chi connectivity index (χ3v) is 4.52. The van der Waals surface area contributed by atoms with Gasteiger partial charge in [0.2, 0.25) is 0 Å². The van der Waals surface area contributed by atoms with Gasteiger partial charge in [0.25, 0.3) is 0 Å². The van der Waals surface area contributed by atoms with E-state index in [2.05, 4.69) is 54.5 Å². The number of aromatic nitrogens is 2. The fourth-order valence-electron chi connectivity index (χ4n) is 2.09. The Kier molecular flexibility index (Phi) is 5.68. The van der Waals surface area contributed by atoms with Crippen molar-refractivity contribution >= 4 is 11.8 Å². The summed E-state index contributed by atoms with van der Waals surface area (Å²) in [4.78, 5) is 2.38. The maximum absolute atomic E-state index is 4.24. The summed E-state index contributed by atoms with van der Waals surface area (Å²) in [5.74, 6) is 0. The lowest BCUT2D eigenvalue weighted by molar-refractivity contribution is 0.322. The van der Waals surface area contributed by atoms with E-state index in [1.165, 1.54) is 12.0 Å². The van der Waals surface area contributed by atoms with Gasteiger partial charge < -0.3 is 4.90 Å². The molecule has 1 aromatic heterocycles. The highest BCUT2D eigenvalue weighted by molar-refractivity contribution is 7.99. The Labute approximate surface area is 126 Å². The van der Waals surface area contributed by atoms with Gasteiger partial charge in [-0.25, -0.2) is 4.68 Å². The predicted molar refractivity (Wildman–Crippen MR) is 87.5 cm³/mol. The lowest BCUT2D eigenvalue weighted by Crippen LogP contribution is -2.21. The molecule has 1 aromatic carbocycles. The molecule has 0 saturated heterocycles. The van der Waals surface area contributed by atoms with Crippen molar-refractivity contribution in [3.63, 3.8) is 0 Å². The molecule has 3 nitrogen and oxygen atoms in total. The lowest BCUT2D eigenvalue weighted by atomic mass is 10.2. The largest absolute Gasteiger partial charge is 0.302 e. The van der Waals surface area contributed by atoms with E-state index in [1.54, 1.807) is 6.20 Å². The summed E-state index contributed by atoms with van der Waals surface area (Å²) in [6, 6.07) is 10.6. The average Bonchev–Trinajstić information content (AvgIpc) is 2.99. The number of nitrogens with zero attached hydrogens (tertiary/aromatic N) is 3. The van der Waals surface area contributed by atoms with E-state index in [-0.39, 0.29) is 0 Å². The molecule has 0 N–H and O–H groups in total. The highest BCUT2D eigenvalue weighted by atomic mass is 32.2. The van der Waals surface area contributed by atoms with Gasteiger partial charge in [-0.15, -0.1) is 0 Å². The van der Waals surface area contributed by atoms with Gasteiger partial charge in [-0.3, -0.25) is 0 Å². The first-order valence-corrected chi connectivity index (χ1v) is 8.28. The van der Waals surface area contributed by atoms with Gasteiger partial charge in [0.1, 0.15) is 0 Å². The van der Waals surface area contributed by atoms with Crippen molar-refractivity contribution in [2.75, 3.05) is 19.8 Å². The fourth-order valence-corrected chi connectivity index (χ4v) is 2.43. The molecule has 0 spiro atoms. The van der Waals surface area contributed by atoms with Gasteiger partial charge in [-0.1, -0.05) is 19.1 Å². The molecule has 0 fully saturated rings. The highest BCUT2D eigenvalue weighted by Crippen LogP contribution is 2.13. The smallest absolute Gasteiger partial charge is 0.0645 e. The number of hydrogen-bond donors (Lipinski definition) is 0. The molecule has 2 rings (SSSR count). The van der Waals surface area contributed by atoms with Crippen molar-refractivity contribution in [3.8, 4) is 5.69 Å². The second-order valence-corrected chi connectivity index (χ2v) is 6.47. The summed E-state index contributed by atoms with van der Waals surface area (Å²) >= 11 is 1.94. The zero-order valence-electron chi connectivity index (χ0n) is 12.5. The molecule has 0 amide bonds. The molecule has 108 valence electrons. The zero-order chi connectivity index (χ0) is 14.4. The second-order valence-electron chi connectivity index (χ2n) is 5.19. The van der Waals surface area contributed by atoms with Crippen LogP contribution in [-0.4, -0.2) is 39.8 Å². The minimum Gasteiger partial charge on any atom is -0.302 e. The Morgan fingerprint density at radius 3 is 2.65 bits per heavy atom. The van der Waals surface area contributed by atoms with Crippen LogP contribution in [0, 0.1) is 0 Å². The Bertz CT molecular complexity index is 493. The number of rotatable bonds is 7. The standard InChI is InChI=1S/C16H23N3S/c1-14(20-3)9-12-18(2)13-15-5-7-16(8-6-15)19-11-4-10-17-19/h4-8,10-11,14H,9,12-13H2,1-3H3. The first-order chi connectivity index (χ1) is 9.69. The zero-order valence-corrected chi connectivity index (χ0v) is 13.3. The van der Waals surface area contributed by atoms with Crippen LogP contribution in [0.25, 0.3) is 5.69 Å². The Morgan fingerprint density at radius 2 is 2.05 bits per heavy atom. The van der Waals surface area contributed by atoms with Crippen LogP contribution in [0.5, 0.6) is 0 Å².